The zero-order valence-corrected chi connectivity index (χ0v) is 10.8. The summed E-state index contributed by atoms with van der Waals surface area (Å²) < 4.78 is 0. The van der Waals surface area contributed by atoms with Crippen molar-refractivity contribution in [1.82, 2.24) is 0 Å². The topological polar surface area (TPSA) is 20.2 Å². The minimum atomic E-state index is -0.309. The number of benzene rings is 1. The molecule has 1 atom stereocenters. The van der Waals surface area contributed by atoms with Gasteiger partial charge in [-0.05, 0) is 61.5 Å². The number of hydrogen-bond donors (Lipinski definition) is 1. The lowest BCUT2D eigenvalue weighted by Gasteiger charge is -2.15. The molecule has 0 saturated carbocycles. The highest BCUT2D eigenvalue weighted by Crippen LogP contribution is 2.24. The number of thioether (sulfide) groups is 1. The van der Waals surface area contributed by atoms with E-state index in [4.69, 9.17) is 0 Å². The molecule has 0 radical (unpaired) electrons. The van der Waals surface area contributed by atoms with Gasteiger partial charge in [-0.25, -0.2) is 0 Å². The monoisotopic (exact) mass is 224 g/mol. The molecule has 0 aromatic heterocycles. The zero-order valence-electron chi connectivity index (χ0n) is 10.0. The molecule has 0 saturated heterocycles. The quantitative estimate of drug-likeness (QED) is 0.846. The van der Waals surface area contributed by atoms with Gasteiger partial charge in [0.1, 0.15) is 0 Å². The van der Waals surface area contributed by atoms with E-state index in [9.17, 15) is 5.11 Å². The molecule has 15 heavy (non-hydrogen) atoms. The van der Waals surface area contributed by atoms with Gasteiger partial charge in [0.15, 0.2) is 0 Å². The zero-order chi connectivity index (χ0) is 11.4. The van der Waals surface area contributed by atoms with E-state index in [0.717, 1.165) is 17.7 Å². The number of hydrogen-bond acceptors (Lipinski definition) is 2. The van der Waals surface area contributed by atoms with Crippen molar-refractivity contribution in [2.24, 2.45) is 0 Å². The Hall–Kier alpha value is -0.470. The summed E-state index contributed by atoms with van der Waals surface area (Å²) >= 11 is 1.78. The highest BCUT2D eigenvalue weighted by molar-refractivity contribution is 7.98. The molecule has 0 amide bonds. The van der Waals surface area contributed by atoms with E-state index in [1.807, 2.05) is 0 Å². The Kier molecular flexibility index (Phi) is 4.68. The van der Waals surface area contributed by atoms with Gasteiger partial charge in [0.2, 0.25) is 0 Å². The lowest BCUT2D eigenvalue weighted by Crippen LogP contribution is -2.02. The molecule has 1 N–H and O–H groups in total. The molecule has 0 heterocycles. The SMILES string of the molecule is CSCCC(O)c1cc(C)c(C)cc1C. The molecule has 1 aromatic carbocycles. The van der Waals surface area contributed by atoms with Crippen molar-refractivity contribution in [2.45, 2.75) is 33.3 Å². The second-order valence-electron chi connectivity index (χ2n) is 4.09. The van der Waals surface area contributed by atoms with E-state index in [0.29, 0.717) is 0 Å². The first kappa shape index (κ1) is 12.6. The van der Waals surface area contributed by atoms with Crippen molar-refractivity contribution in [3.05, 3.63) is 34.4 Å². The predicted molar refractivity (Wildman–Crippen MR) is 68.6 cm³/mol. The second-order valence-corrected chi connectivity index (χ2v) is 5.08. The standard InChI is InChI=1S/C13H20OS/c1-9-7-11(3)12(8-10(9)2)13(14)5-6-15-4/h7-8,13-14H,5-6H2,1-4H3. The third-order valence-electron chi connectivity index (χ3n) is 2.84. The average Bonchev–Trinajstić information content (AvgIpc) is 2.20. The van der Waals surface area contributed by atoms with Gasteiger partial charge in [-0.2, -0.15) is 11.8 Å². The molecule has 1 rings (SSSR count). The fraction of sp³-hybridized carbons (Fsp3) is 0.538. The molecule has 0 spiro atoms. The Morgan fingerprint density at radius 3 is 2.33 bits per heavy atom. The van der Waals surface area contributed by atoms with Gasteiger partial charge in [-0.15, -0.1) is 0 Å². The van der Waals surface area contributed by atoms with Crippen LogP contribution in [0.25, 0.3) is 0 Å². The van der Waals surface area contributed by atoms with Crippen LogP contribution in [0, 0.1) is 20.8 Å². The molecular formula is C13H20OS. The van der Waals surface area contributed by atoms with Crippen LogP contribution in [0.5, 0.6) is 0 Å². The molecule has 0 aliphatic heterocycles. The maximum Gasteiger partial charge on any atom is 0.0800 e. The first-order valence-electron chi connectivity index (χ1n) is 5.31. The first-order chi connectivity index (χ1) is 7.06. The van der Waals surface area contributed by atoms with Crippen molar-refractivity contribution in [3.8, 4) is 0 Å². The third kappa shape index (κ3) is 3.25. The Morgan fingerprint density at radius 2 is 1.73 bits per heavy atom. The lowest BCUT2D eigenvalue weighted by molar-refractivity contribution is 0.174. The van der Waals surface area contributed by atoms with E-state index in [-0.39, 0.29) is 6.10 Å². The number of aryl methyl sites for hydroxylation is 3. The van der Waals surface area contributed by atoms with Gasteiger partial charge in [0, 0.05) is 0 Å². The maximum atomic E-state index is 10.0. The molecule has 2 heteroatoms. The predicted octanol–water partition coefficient (Wildman–Crippen LogP) is 3.40. The largest absolute Gasteiger partial charge is 0.388 e. The van der Waals surface area contributed by atoms with Gasteiger partial charge < -0.3 is 5.11 Å². The summed E-state index contributed by atoms with van der Waals surface area (Å²) in [5, 5.41) is 10.0. The van der Waals surface area contributed by atoms with Crippen LogP contribution in [0.1, 0.15) is 34.8 Å². The van der Waals surface area contributed by atoms with Crippen LogP contribution in [0.4, 0.5) is 0 Å². The summed E-state index contributed by atoms with van der Waals surface area (Å²) in [6.07, 6.45) is 2.60. The fourth-order valence-corrected chi connectivity index (χ4v) is 2.19. The minimum Gasteiger partial charge on any atom is -0.388 e. The van der Waals surface area contributed by atoms with Crippen LogP contribution in [0.15, 0.2) is 12.1 Å². The number of rotatable bonds is 4. The number of aliphatic hydroxyl groups is 1. The lowest BCUT2D eigenvalue weighted by atomic mass is 9.96. The maximum absolute atomic E-state index is 10.0. The molecule has 1 unspecified atom stereocenters. The molecule has 0 fully saturated rings. The van der Waals surface area contributed by atoms with Gasteiger partial charge in [-0.1, -0.05) is 12.1 Å². The van der Waals surface area contributed by atoms with Crippen LogP contribution >= 0.6 is 11.8 Å². The Morgan fingerprint density at radius 1 is 1.13 bits per heavy atom. The van der Waals surface area contributed by atoms with Crippen molar-refractivity contribution >= 4 is 11.8 Å². The molecule has 1 aromatic rings. The van der Waals surface area contributed by atoms with Crippen molar-refractivity contribution in [3.63, 3.8) is 0 Å². The van der Waals surface area contributed by atoms with Crippen molar-refractivity contribution in [1.29, 1.82) is 0 Å². The fourth-order valence-electron chi connectivity index (χ4n) is 1.73. The highest BCUT2D eigenvalue weighted by Gasteiger charge is 2.11. The molecule has 1 nitrogen and oxygen atoms in total. The molecule has 0 aliphatic rings. The van der Waals surface area contributed by atoms with E-state index in [2.05, 4.69) is 39.2 Å². The van der Waals surface area contributed by atoms with Gasteiger partial charge in [-0.3, -0.25) is 0 Å². The average molecular weight is 224 g/mol. The Labute approximate surface area is 96.9 Å². The normalized spacial score (nSPS) is 12.9. The van der Waals surface area contributed by atoms with Crippen LogP contribution in [0.2, 0.25) is 0 Å². The van der Waals surface area contributed by atoms with Crippen molar-refractivity contribution in [2.75, 3.05) is 12.0 Å². The van der Waals surface area contributed by atoms with Crippen LogP contribution < -0.4 is 0 Å². The summed E-state index contributed by atoms with van der Waals surface area (Å²) in [5.74, 6) is 1.01. The Balaban J connectivity index is 2.88. The van der Waals surface area contributed by atoms with E-state index in [1.165, 1.54) is 16.7 Å². The Bertz CT molecular complexity index is 334. The van der Waals surface area contributed by atoms with E-state index in [1.54, 1.807) is 11.8 Å². The van der Waals surface area contributed by atoms with Gasteiger partial charge in [0.05, 0.1) is 6.10 Å². The van der Waals surface area contributed by atoms with Gasteiger partial charge in [0.25, 0.3) is 0 Å². The van der Waals surface area contributed by atoms with Gasteiger partial charge >= 0.3 is 0 Å². The smallest absolute Gasteiger partial charge is 0.0800 e. The van der Waals surface area contributed by atoms with E-state index < -0.39 is 0 Å². The summed E-state index contributed by atoms with van der Waals surface area (Å²) in [6, 6.07) is 4.28. The molecule has 0 bridgehead atoms. The molecule has 0 aliphatic carbocycles. The van der Waals surface area contributed by atoms with E-state index >= 15 is 0 Å². The van der Waals surface area contributed by atoms with Crippen LogP contribution in [-0.4, -0.2) is 17.1 Å². The highest BCUT2D eigenvalue weighted by atomic mass is 32.2. The minimum absolute atomic E-state index is 0.309. The summed E-state index contributed by atoms with van der Waals surface area (Å²) in [6.45, 7) is 6.28. The molecular weight excluding hydrogens is 204 g/mol. The number of aliphatic hydroxyl groups excluding tert-OH is 1. The summed E-state index contributed by atoms with van der Waals surface area (Å²) in [4.78, 5) is 0. The second kappa shape index (κ2) is 5.57. The molecule has 84 valence electrons. The van der Waals surface area contributed by atoms with Crippen LogP contribution in [0.3, 0.4) is 0 Å². The van der Waals surface area contributed by atoms with Crippen molar-refractivity contribution < 1.29 is 5.11 Å². The summed E-state index contributed by atoms with van der Waals surface area (Å²) in [7, 11) is 0. The first-order valence-corrected chi connectivity index (χ1v) is 6.70. The summed E-state index contributed by atoms with van der Waals surface area (Å²) in [5.41, 5.74) is 4.85. The third-order valence-corrected chi connectivity index (χ3v) is 3.48. The van der Waals surface area contributed by atoms with Crippen LogP contribution in [-0.2, 0) is 0 Å².